The van der Waals surface area contributed by atoms with E-state index in [1.807, 2.05) is 12.4 Å². The molecule has 2 saturated heterocycles. The first-order valence-electron chi connectivity index (χ1n) is 9.82. The number of rotatable bonds is 5. The van der Waals surface area contributed by atoms with Gasteiger partial charge in [-0.1, -0.05) is 30.3 Å². The van der Waals surface area contributed by atoms with Gasteiger partial charge in [0.1, 0.15) is 0 Å². The summed E-state index contributed by atoms with van der Waals surface area (Å²) in [6.07, 6.45) is 7.34. The summed E-state index contributed by atoms with van der Waals surface area (Å²) in [5.74, 6) is 0. The van der Waals surface area contributed by atoms with Gasteiger partial charge in [0.15, 0.2) is 0 Å². The Bertz CT molecular complexity index is 668. The molecule has 2 aliphatic rings. The van der Waals surface area contributed by atoms with E-state index in [1.165, 1.54) is 37.1 Å². The van der Waals surface area contributed by atoms with Gasteiger partial charge in [0.05, 0.1) is 13.2 Å². The summed E-state index contributed by atoms with van der Waals surface area (Å²) in [4.78, 5) is 9.44. The predicted octanol–water partition coefficient (Wildman–Crippen LogP) is 2.99. The standard InChI is InChI=1S/C22H29N3O/c1-2-4-20(5-3-1)8-13-24-14-9-22(10-15-24)19-26-17-16-25(22)18-21-6-11-23-12-7-21/h1-7,11-12H,8-10,13-19H2. The van der Waals surface area contributed by atoms with Crippen LogP contribution in [-0.4, -0.2) is 59.7 Å². The Morgan fingerprint density at radius 2 is 1.69 bits per heavy atom. The molecule has 138 valence electrons. The van der Waals surface area contributed by atoms with Crippen LogP contribution in [0.5, 0.6) is 0 Å². The number of hydrogen-bond donors (Lipinski definition) is 0. The van der Waals surface area contributed by atoms with Gasteiger partial charge in [-0.05, 0) is 55.6 Å². The first-order chi connectivity index (χ1) is 12.8. The molecule has 4 rings (SSSR count). The van der Waals surface area contributed by atoms with Crippen molar-refractivity contribution in [3.63, 3.8) is 0 Å². The topological polar surface area (TPSA) is 28.6 Å². The van der Waals surface area contributed by atoms with Crippen molar-refractivity contribution in [1.82, 2.24) is 14.8 Å². The van der Waals surface area contributed by atoms with Crippen LogP contribution in [0.4, 0.5) is 0 Å². The lowest BCUT2D eigenvalue weighted by molar-refractivity contribution is -0.0987. The highest BCUT2D eigenvalue weighted by Crippen LogP contribution is 2.33. The van der Waals surface area contributed by atoms with Crippen LogP contribution in [0.15, 0.2) is 54.9 Å². The Morgan fingerprint density at radius 3 is 2.46 bits per heavy atom. The van der Waals surface area contributed by atoms with E-state index >= 15 is 0 Å². The van der Waals surface area contributed by atoms with Crippen LogP contribution < -0.4 is 0 Å². The summed E-state index contributed by atoms with van der Waals surface area (Å²) < 4.78 is 5.92. The number of benzene rings is 1. The summed E-state index contributed by atoms with van der Waals surface area (Å²) in [5.41, 5.74) is 3.01. The molecule has 0 aliphatic carbocycles. The second-order valence-electron chi connectivity index (χ2n) is 7.63. The van der Waals surface area contributed by atoms with Crippen LogP contribution in [0.1, 0.15) is 24.0 Å². The van der Waals surface area contributed by atoms with Crippen molar-refractivity contribution in [3.8, 4) is 0 Å². The van der Waals surface area contributed by atoms with Crippen molar-refractivity contribution in [2.75, 3.05) is 39.4 Å². The zero-order valence-electron chi connectivity index (χ0n) is 15.5. The molecule has 0 saturated carbocycles. The van der Waals surface area contributed by atoms with Gasteiger partial charge in [-0.3, -0.25) is 9.88 Å². The Hall–Kier alpha value is -1.75. The largest absolute Gasteiger partial charge is 0.378 e. The van der Waals surface area contributed by atoms with Crippen LogP contribution >= 0.6 is 0 Å². The first-order valence-corrected chi connectivity index (χ1v) is 9.82. The molecule has 0 atom stereocenters. The Kier molecular flexibility index (Phi) is 5.63. The van der Waals surface area contributed by atoms with Crippen LogP contribution in [0.3, 0.4) is 0 Å². The zero-order valence-corrected chi connectivity index (χ0v) is 15.5. The van der Waals surface area contributed by atoms with Crippen molar-refractivity contribution in [3.05, 3.63) is 66.0 Å². The summed E-state index contributed by atoms with van der Waals surface area (Å²) in [6.45, 7) is 7.27. The van der Waals surface area contributed by atoms with E-state index in [9.17, 15) is 0 Å². The third-order valence-electron chi connectivity index (χ3n) is 6.02. The zero-order chi connectivity index (χ0) is 17.7. The van der Waals surface area contributed by atoms with Crippen LogP contribution in [0.2, 0.25) is 0 Å². The number of ether oxygens (including phenoxy) is 1. The average molecular weight is 351 g/mol. The molecular formula is C22H29N3O. The number of likely N-dealkylation sites (tertiary alicyclic amines) is 1. The van der Waals surface area contributed by atoms with Gasteiger partial charge < -0.3 is 9.64 Å². The van der Waals surface area contributed by atoms with Gasteiger partial charge >= 0.3 is 0 Å². The highest BCUT2D eigenvalue weighted by Gasteiger charge is 2.41. The molecule has 4 heteroatoms. The number of nitrogens with zero attached hydrogens (tertiary/aromatic N) is 3. The van der Waals surface area contributed by atoms with Gasteiger partial charge in [0, 0.05) is 37.6 Å². The minimum absolute atomic E-state index is 0.213. The van der Waals surface area contributed by atoms with E-state index in [4.69, 9.17) is 4.74 Å². The molecule has 2 fully saturated rings. The van der Waals surface area contributed by atoms with Gasteiger partial charge in [0.2, 0.25) is 0 Å². The van der Waals surface area contributed by atoms with E-state index in [0.717, 1.165) is 39.3 Å². The van der Waals surface area contributed by atoms with Crippen LogP contribution in [-0.2, 0) is 17.7 Å². The maximum absolute atomic E-state index is 5.92. The molecule has 0 radical (unpaired) electrons. The third-order valence-corrected chi connectivity index (χ3v) is 6.02. The lowest BCUT2D eigenvalue weighted by Gasteiger charge is -2.51. The summed E-state index contributed by atoms with van der Waals surface area (Å²) in [6, 6.07) is 15.1. The smallest absolute Gasteiger partial charge is 0.0652 e. The Labute approximate surface area is 156 Å². The number of morpholine rings is 1. The maximum atomic E-state index is 5.92. The van der Waals surface area contributed by atoms with Crippen molar-refractivity contribution in [1.29, 1.82) is 0 Å². The van der Waals surface area contributed by atoms with Gasteiger partial charge in [-0.2, -0.15) is 0 Å². The van der Waals surface area contributed by atoms with Crippen molar-refractivity contribution in [2.45, 2.75) is 31.3 Å². The second-order valence-corrected chi connectivity index (χ2v) is 7.63. The summed E-state index contributed by atoms with van der Waals surface area (Å²) in [5, 5.41) is 0. The number of aromatic nitrogens is 1. The lowest BCUT2D eigenvalue weighted by Crippen LogP contribution is -2.61. The predicted molar refractivity (Wildman–Crippen MR) is 104 cm³/mol. The van der Waals surface area contributed by atoms with E-state index in [0.29, 0.717) is 0 Å². The second kappa shape index (κ2) is 8.30. The fraction of sp³-hybridized carbons (Fsp3) is 0.500. The van der Waals surface area contributed by atoms with Gasteiger partial charge in [-0.25, -0.2) is 0 Å². The molecule has 0 amide bonds. The molecule has 3 heterocycles. The average Bonchev–Trinajstić information content (AvgIpc) is 2.71. The quantitative estimate of drug-likeness (QED) is 0.828. The maximum Gasteiger partial charge on any atom is 0.0652 e. The van der Waals surface area contributed by atoms with E-state index in [-0.39, 0.29) is 5.54 Å². The van der Waals surface area contributed by atoms with Crippen molar-refractivity contribution < 1.29 is 4.74 Å². The first kappa shape index (κ1) is 17.7. The molecule has 2 aliphatic heterocycles. The molecule has 4 nitrogen and oxygen atoms in total. The van der Waals surface area contributed by atoms with Gasteiger partial charge in [0.25, 0.3) is 0 Å². The van der Waals surface area contributed by atoms with Crippen LogP contribution in [0, 0.1) is 0 Å². The molecule has 1 aromatic heterocycles. The number of pyridine rings is 1. The minimum Gasteiger partial charge on any atom is -0.378 e. The normalized spacial score (nSPS) is 21.1. The molecule has 0 unspecified atom stereocenters. The van der Waals surface area contributed by atoms with Crippen LogP contribution in [0.25, 0.3) is 0 Å². The van der Waals surface area contributed by atoms with Gasteiger partial charge in [-0.15, -0.1) is 0 Å². The molecular weight excluding hydrogens is 322 g/mol. The number of piperidine rings is 1. The third kappa shape index (κ3) is 4.14. The molecule has 26 heavy (non-hydrogen) atoms. The van der Waals surface area contributed by atoms with Crippen molar-refractivity contribution >= 4 is 0 Å². The Morgan fingerprint density at radius 1 is 0.923 bits per heavy atom. The lowest BCUT2D eigenvalue weighted by atomic mass is 9.85. The number of hydrogen-bond acceptors (Lipinski definition) is 4. The molecule has 1 aromatic carbocycles. The molecule has 0 N–H and O–H groups in total. The van der Waals surface area contributed by atoms with Crippen molar-refractivity contribution in [2.24, 2.45) is 0 Å². The molecule has 1 spiro atoms. The minimum atomic E-state index is 0.213. The Balaban J connectivity index is 1.34. The molecule has 2 aromatic rings. The van der Waals surface area contributed by atoms with E-state index in [2.05, 4.69) is 57.2 Å². The molecule has 0 bridgehead atoms. The highest BCUT2D eigenvalue weighted by molar-refractivity contribution is 5.15. The fourth-order valence-corrected chi connectivity index (χ4v) is 4.31. The van der Waals surface area contributed by atoms with E-state index < -0.39 is 0 Å². The fourth-order valence-electron chi connectivity index (χ4n) is 4.31. The monoisotopic (exact) mass is 351 g/mol. The highest BCUT2D eigenvalue weighted by atomic mass is 16.5. The summed E-state index contributed by atoms with van der Waals surface area (Å²) >= 11 is 0. The van der Waals surface area contributed by atoms with E-state index in [1.54, 1.807) is 0 Å². The summed E-state index contributed by atoms with van der Waals surface area (Å²) in [7, 11) is 0. The SMILES string of the molecule is c1ccc(CCN2CCC3(CC2)COCCN3Cc2ccncc2)cc1.